The zero-order valence-corrected chi connectivity index (χ0v) is 27.3. The zero-order chi connectivity index (χ0) is 28.9. The molecule has 0 aliphatic heterocycles. The lowest BCUT2D eigenvalue weighted by Gasteiger charge is -2.03. The van der Waals surface area contributed by atoms with Crippen LogP contribution in [-0.4, -0.2) is 7.11 Å². The molecule has 1 nitrogen and oxygen atoms in total. The highest BCUT2D eigenvalue weighted by molar-refractivity contribution is 4.93. The summed E-state index contributed by atoms with van der Waals surface area (Å²) < 4.78 is 4.91. The fraction of sp³-hybridized carbons (Fsp3) is 0.744. The largest absolute Gasteiger partial charge is 0.505 e. The maximum atomic E-state index is 4.91. The summed E-state index contributed by atoms with van der Waals surface area (Å²) in [5.74, 6) is 0. The highest BCUT2D eigenvalue weighted by atomic mass is 16.5. The van der Waals surface area contributed by atoms with Gasteiger partial charge >= 0.3 is 0 Å². The third-order valence-electron chi connectivity index (χ3n) is 7.65. The average molecular weight is 555 g/mol. The summed E-state index contributed by atoms with van der Waals surface area (Å²) in [4.78, 5) is 0. The van der Waals surface area contributed by atoms with Crippen LogP contribution in [0.4, 0.5) is 0 Å². The van der Waals surface area contributed by atoms with E-state index in [-0.39, 0.29) is 0 Å². The van der Waals surface area contributed by atoms with Crippen LogP contribution in [0.25, 0.3) is 0 Å². The zero-order valence-electron chi connectivity index (χ0n) is 27.3. The number of unbranched alkanes of at least 4 members (excludes halogenated alkanes) is 22. The molecule has 0 radical (unpaired) electrons. The molecule has 0 aromatic carbocycles. The van der Waals surface area contributed by atoms with Crippen LogP contribution in [-0.2, 0) is 4.74 Å². The molecular formula is C39H70O. The van der Waals surface area contributed by atoms with E-state index in [1.807, 2.05) is 0 Å². The van der Waals surface area contributed by atoms with Crippen molar-refractivity contribution in [2.75, 3.05) is 7.11 Å². The van der Waals surface area contributed by atoms with Gasteiger partial charge in [-0.05, 0) is 83.1 Å². The molecule has 0 unspecified atom stereocenters. The van der Waals surface area contributed by atoms with Crippen molar-refractivity contribution >= 4 is 0 Å². The molecule has 0 aromatic heterocycles. The van der Waals surface area contributed by atoms with Crippen molar-refractivity contribution in [1.82, 2.24) is 0 Å². The van der Waals surface area contributed by atoms with Gasteiger partial charge in [0.1, 0.15) is 0 Å². The summed E-state index contributed by atoms with van der Waals surface area (Å²) in [7, 11) is 1.70. The van der Waals surface area contributed by atoms with Gasteiger partial charge in [-0.2, -0.15) is 0 Å². The molecule has 0 atom stereocenters. The first-order chi connectivity index (χ1) is 19.9. The Morgan fingerprint density at radius 1 is 0.325 bits per heavy atom. The number of hydrogen-bond acceptors (Lipinski definition) is 1. The minimum atomic E-state index is 1.10. The summed E-state index contributed by atoms with van der Waals surface area (Å²) in [6, 6.07) is 0. The van der Waals surface area contributed by atoms with E-state index < -0.39 is 0 Å². The van der Waals surface area contributed by atoms with Crippen LogP contribution < -0.4 is 0 Å². The molecule has 0 N–H and O–H groups in total. The van der Waals surface area contributed by atoms with E-state index in [0.29, 0.717) is 0 Å². The molecule has 232 valence electrons. The molecule has 0 saturated carbocycles. The minimum Gasteiger partial charge on any atom is -0.505 e. The van der Waals surface area contributed by atoms with Gasteiger partial charge in [-0.3, -0.25) is 0 Å². The topological polar surface area (TPSA) is 9.23 Å². The minimum absolute atomic E-state index is 1.10. The number of methoxy groups -OCH3 is 1. The van der Waals surface area contributed by atoms with Crippen molar-refractivity contribution < 1.29 is 4.74 Å². The van der Waals surface area contributed by atoms with Gasteiger partial charge in [-0.25, -0.2) is 0 Å². The molecule has 0 heterocycles. The molecule has 0 aliphatic rings. The SMILES string of the molecule is CCCCCC=CCC=CCCCCCCCCCCCCCCCCCC=CCC=CCCCCC=COC. The van der Waals surface area contributed by atoms with Crippen LogP contribution in [0.5, 0.6) is 0 Å². The van der Waals surface area contributed by atoms with Crippen LogP contribution in [0.15, 0.2) is 60.9 Å². The summed E-state index contributed by atoms with van der Waals surface area (Å²) in [5, 5.41) is 0. The predicted molar refractivity (Wildman–Crippen MR) is 183 cm³/mol. The first kappa shape index (κ1) is 38.5. The number of rotatable bonds is 32. The Labute approximate surface area is 252 Å². The van der Waals surface area contributed by atoms with E-state index in [0.717, 1.165) is 19.3 Å². The Bertz CT molecular complexity index is 594. The summed E-state index contributed by atoms with van der Waals surface area (Å²) in [6.07, 6.45) is 59.1. The van der Waals surface area contributed by atoms with E-state index in [4.69, 9.17) is 4.74 Å². The second-order valence-corrected chi connectivity index (χ2v) is 11.6. The molecule has 40 heavy (non-hydrogen) atoms. The van der Waals surface area contributed by atoms with Gasteiger partial charge in [0, 0.05) is 0 Å². The summed E-state index contributed by atoms with van der Waals surface area (Å²) in [6.45, 7) is 2.27. The van der Waals surface area contributed by atoms with Gasteiger partial charge in [-0.15, -0.1) is 0 Å². The highest BCUT2D eigenvalue weighted by Crippen LogP contribution is 2.14. The molecule has 0 fully saturated rings. The Morgan fingerprint density at radius 3 is 0.925 bits per heavy atom. The second kappa shape index (κ2) is 37.5. The normalized spacial score (nSPS) is 12.4. The van der Waals surface area contributed by atoms with Crippen LogP contribution in [0.3, 0.4) is 0 Å². The van der Waals surface area contributed by atoms with Crippen molar-refractivity contribution in [2.45, 2.75) is 180 Å². The first-order valence-electron chi connectivity index (χ1n) is 17.7. The fourth-order valence-electron chi connectivity index (χ4n) is 5.04. The fourth-order valence-corrected chi connectivity index (χ4v) is 5.04. The lowest BCUT2D eigenvalue weighted by atomic mass is 10.0. The third kappa shape index (κ3) is 36.5. The molecule has 0 aromatic rings. The maximum Gasteiger partial charge on any atom is 0.0784 e. The maximum absolute atomic E-state index is 4.91. The highest BCUT2D eigenvalue weighted by Gasteiger charge is 1.94. The molecule has 0 spiro atoms. The van der Waals surface area contributed by atoms with Crippen LogP contribution >= 0.6 is 0 Å². The molecule has 0 rings (SSSR count). The first-order valence-corrected chi connectivity index (χ1v) is 17.7. The van der Waals surface area contributed by atoms with Crippen molar-refractivity contribution in [2.24, 2.45) is 0 Å². The predicted octanol–water partition coefficient (Wildman–Crippen LogP) is 13.9. The van der Waals surface area contributed by atoms with Crippen molar-refractivity contribution in [3.63, 3.8) is 0 Å². The second-order valence-electron chi connectivity index (χ2n) is 11.6. The average Bonchev–Trinajstić information content (AvgIpc) is 2.97. The lowest BCUT2D eigenvalue weighted by Crippen LogP contribution is -1.83. The quantitative estimate of drug-likeness (QED) is 0.0456. The standard InChI is InChI=1S/C39H70O/c1-3-4-5-6-7-8-9-10-11-12-13-14-15-16-17-18-19-20-21-22-23-24-25-26-27-28-29-30-31-32-33-34-35-36-37-38-39-40-2/h7-8,10-11,29-30,32-33,38-39H,3-6,9,12-28,31,34-37H2,1-2H3. The third-order valence-corrected chi connectivity index (χ3v) is 7.65. The van der Waals surface area contributed by atoms with Gasteiger partial charge in [0.05, 0.1) is 13.4 Å². The Balaban J connectivity index is 3.18. The van der Waals surface area contributed by atoms with E-state index >= 15 is 0 Å². The van der Waals surface area contributed by atoms with Gasteiger partial charge in [0.25, 0.3) is 0 Å². The monoisotopic (exact) mass is 555 g/mol. The van der Waals surface area contributed by atoms with Gasteiger partial charge in [0.15, 0.2) is 0 Å². The van der Waals surface area contributed by atoms with E-state index in [1.165, 1.54) is 154 Å². The number of allylic oxidation sites excluding steroid dienone is 9. The Morgan fingerprint density at radius 2 is 0.600 bits per heavy atom. The summed E-state index contributed by atoms with van der Waals surface area (Å²) in [5.41, 5.74) is 0. The molecule has 0 saturated heterocycles. The van der Waals surface area contributed by atoms with Crippen molar-refractivity contribution in [3.05, 3.63) is 60.9 Å². The Hall–Kier alpha value is -1.50. The Kier molecular flexibility index (Phi) is 36.1. The molecule has 1 heteroatoms. The molecule has 0 amide bonds. The molecular weight excluding hydrogens is 484 g/mol. The van der Waals surface area contributed by atoms with Gasteiger partial charge < -0.3 is 4.74 Å². The van der Waals surface area contributed by atoms with E-state index in [9.17, 15) is 0 Å². The number of hydrogen-bond donors (Lipinski definition) is 0. The van der Waals surface area contributed by atoms with Crippen LogP contribution in [0.2, 0.25) is 0 Å². The summed E-state index contributed by atoms with van der Waals surface area (Å²) >= 11 is 0. The van der Waals surface area contributed by atoms with Gasteiger partial charge in [0.2, 0.25) is 0 Å². The van der Waals surface area contributed by atoms with Crippen molar-refractivity contribution in [3.8, 4) is 0 Å². The van der Waals surface area contributed by atoms with Crippen molar-refractivity contribution in [1.29, 1.82) is 0 Å². The molecule has 0 bridgehead atoms. The van der Waals surface area contributed by atoms with Gasteiger partial charge in [-0.1, -0.05) is 152 Å². The smallest absolute Gasteiger partial charge is 0.0784 e. The number of ether oxygens (including phenoxy) is 1. The van der Waals surface area contributed by atoms with E-state index in [1.54, 1.807) is 13.4 Å². The van der Waals surface area contributed by atoms with E-state index in [2.05, 4.69) is 61.6 Å². The molecule has 0 aliphatic carbocycles. The van der Waals surface area contributed by atoms with Crippen LogP contribution in [0.1, 0.15) is 180 Å². The lowest BCUT2D eigenvalue weighted by molar-refractivity contribution is 0.336. The van der Waals surface area contributed by atoms with Crippen LogP contribution in [0, 0.1) is 0 Å².